The van der Waals surface area contributed by atoms with Crippen molar-refractivity contribution in [1.29, 1.82) is 0 Å². The minimum absolute atomic E-state index is 0.238. The third kappa shape index (κ3) is 4.09. The largest absolute Gasteiger partial charge is 0.483 e. The predicted molar refractivity (Wildman–Crippen MR) is 97.1 cm³/mol. The summed E-state index contributed by atoms with van der Waals surface area (Å²) in [6, 6.07) is 5.68. The van der Waals surface area contributed by atoms with Crippen LogP contribution in [-0.2, 0) is 20.7 Å². The van der Waals surface area contributed by atoms with E-state index in [1.807, 2.05) is 30.9 Å². The smallest absolute Gasteiger partial charge is 0.305 e. The monoisotopic (exact) mass is 397 g/mol. The van der Waals surface area contributed by atoms with Gasteiger partial charge in [-0.2, -0.15) is 0 Å². The van der Waals surface area contributed by atoms with Crippen LogP contribution in [0.2, 0.25) is 0 Å². The summed E-state index contributed by atoms with van der Waals surface area (Å²) in [6.45, 7) is 4.42. The lowest BCUT2D eigenvalue weighted by Gasteiger charge is -2.45. The molecule has 1 heterocycles. The molecular weight excluding hydrogens is 374 g/mol. The SMILES string of the molecule is COC(=O)CCCN1c2cc(CCBr)ccc2OC(C)(C)C1C=O. The van der Waals surface area contributed by atoms with Crippen LogP contribution in [0.1, 0.15) is 32.3 Å². The van der Waals surface area contributed by atoms with E-state index in [1.54, 1.807) is 0 Å². The predicted octanol–water partition coefficient (Wildman–Crippen LogP) is 3.12. The lowest BCUT2D eigenvalue weighted by Crippen LogP contribution is -2.57. The number of anilines is 1. The van der Waals surface area contributed by atoms with Crippen molar-refractivity contribution in [3.05, 3.63) is 23.8 Å². The van der Waals surface area contributed by atoms with Crippen LogP contribution in [0.4, 0.5) is 5.69 Å². The average molecular weight is 398 g/mol. The van der Waals surface area contributed by atoms with E-state index in [-0.39, 0.29) is 5.97 Å². The number of methoxy groups -OCH3 is 1. The molecule has 5 nitrogen and oxygen atoms in total. The van der Waals surface area contributed by atoms with Gasteiger partial charge in [0.15, 0.2) is 0 Å². The Hall–Kier alpha value is -1.56. The number of ether oxygens (including phenoxy) is 2. The highest BCUT2D eigenvalue weighted by atomic mass is 79.9. The first-order chi connectivity index (χ1) is 11.4. The first-order valence-electron chi connectivity index (χ1n) is 8.09. The van der Waals surface area contributed by atoms with E-state index in [0.717, 1.165) is 29.5 Å². The quantitative estimate of drug-likeness (QED) is 0.401. The van der Waals surface area contributed by atoms with Crippen LogP contribution in [0.15, 0.2) is 18.2 Å². The number of aldehydes is 1. The number of esters is 1. The number of hydrogen-bond donors (Lipinski definition) is 0. The zero-order valence-electron chi connectivity index (χ0n) is 14.4. The molecular formula is C18H24BrNO4. The van der Waals surface area contributed by atoms with Crippen LogP contribution in [-0.4, -0.2) is 42.9 Å². The average Bonchev–Trinajstić information content (AvgIpc) is 2.54. The Morgan fingerprint density at radius 3 is 2.83 bits per heavy atom. The van der Waals surface area contributed by atoms with Gasteiger partial charge in [-0.25, -0.2) is 0 Å². The fraction of sp³-hybridized carbons (Fsp3) is 0.556. The minimum Gasteiger partial charge on any atom is -0.483 e. The lowest BCUT2D eigenvalue weighted by molar-refractivity contribution is -0.140. The first kappa shape index (κ1) is 18.8. The minimum atomic E-state index is -0.628. The topological polar surface area (TPSA) is 55.8 Å². The molecule has 1 atom stereocenters. The highest BCUT2D eigenvalue weighted by Gasteiger charge is 2.41. The maximum Gasteiger partial charge on any atom is 0.305 e. The van der Waals surface area contributed by atoms with Crippen molar-refractivity contribution in [3.63, 3.8) is 0 Å². The summed E-state index contributed by atoms with van der Waals surface area (Å²) in [7, 11) is 1.39. The summed E-state index contributed by atoms with van der Waals surface area (Å²) >= 11 is 3.45. The lowest BCUT2D eigenvalue weighted by atomic mass is 9.93. The van der Waals surface area contributed by atoms with Crippen LogP contribution < -0.4 is 9.64 Å². The molecule has 0 amide bonds. The molecule has 1 aliphatic heterocycles. The van der Waals surface area contributed by atoms with E-state index in [2.05, 4.69) is 22.0 Å². The van der Waals surface area contributed by atoms with Crippen LogP contribution in [0.5, 0.6) is 5.75 Å². The molecule has 0 N–H and O–H groups in total. The second-order valence-electron chi connectivity index (χ2n) is 6.40. The van der Waals surface area contributed by atoms with Crippen molar-refractivity contribution in [2.75, 3.05) is 23.9 Å². The third-order valence-corrected chi connectivity index (χ3v) is 4.67. The molecule has 0 aliphatic carbocycles. The zero-order valence-corrected chi connectivity index (χ0v) is 16.0. The Balaban J connectivity index is 2.30. The van der Waals surface area contributed by atoms with Crippen molar-refractivity contribution in [1.82, 2.24) is 0 Å². The zero-order chi connectivity index (χ0) is 17.7. The maximum atomic E-state index is 11.7. The molecule has 1 aromatic carbocycles. The molecule has 6 heteroatoms. The second-order valence-corrected chi connectivity index (χ2v) is 7.19. The Morgan fingerprint density at radius 1 is 1.46 bits per heavy atom. The number of alkyl halides is 1. The first-order valence-corrected chi connectivity index (χ1v) is 9.21. The van der Waals surface area contributed by atoms with Crippen molar-refractivity contribution >= 4 is 33.9 Å². The number of fused-ring (bicyclic) bond motifs is 1. The van der Waals surface area contributed by atoms with Gasteiger partial charge in [0.1, 0.15) is 23.7 Å². The fourth-order valence-electron chi connectivity index (χ4n) is 3.00. The van der Waals surface area contributed by atoms with Gasteiger partial charge in [0, 0.05) is 18.3 Å². The Morgan fingerprint density at radius 2 is 2.21 bits per heavy atom. The number of halogens is 1. The van der Waals surface area contributed by atoms with Crippen molar-refractivity contribution < 1.29 is 19.1 Å². The van der Waals surface area contributed by atoms with Gasteiger partial charge in [-0.05, 0) is 44.4 Å². The number of carbonyl (C=O) groups excluding carboxylic acids is 2. The molecule has 24 heavy (non-hydrogen) atoms. The number of aryl methyl sites for hydroxylation is 1. The van der Waals surface area contributed by atoms with Gasteiger partial charge >= 0.3 is 5.97 Å². The summed E-state index contributed by atoms with van der Waals surface area (Å²) < 4.78 is 10.8. The van der Waals surface area contributed by atoms with E-state index < -0.39 is 11.6 Å². The van der Waals surface area contributed by atoms with E-state index in [4.69, 9.17) is 9.47 Å². The molecule has 0 spiro atoms. The molecule has 1 aromatic rings. The van der Waals surface area contributed by atoms with Crippen LogP contribution in [0, 0.1) is 0 Å². The highest BCUT2D eigenvalue weighted by Crippen LogP contribution is 2.40. The Kier molecular flexibility index (Phi) is 6.27. The van der Waals surface area contributed by atoms with Gasteiger partial charge in [0.05, 0.1) is 12.8 Å². The van der Waals surface area contributed by atoms with Gasteiger partial charge in [-0.3, -0.25) is 4.79 Å². The molecule has 132 valence electrons. The second kappa shape index (κ2) is 8.01. The normalized spacial score (nSPS) is 18.5. The fourth-order valence-corrected chi connectivity index (χ4v) is 3.46. The van der Waals surface area contributed by atoms with E-state index in [1.165, 1.54) is 12.7 Å². The molecule has 1 unspecified atom stereocenters. The number of nitrogens with zero attached hydrogens (tertiary/aromatic N) is 1. The van der Waals surface area contributed by atoms with E-state index in [0.29, 0.717) is 19.4 Å². The maximum absolute atomic E-state index is 11.7. The summed E-state index contributed by atoms with van der Waals surface area (Å²) in [5.74, 6) is 0.535. The molecule has 1 aliphatic rings. The highest BCUT2D eigenvalue weighted by molar-refractivity contribution is 9.09. The van der Waals surface area contributed by atoms with Gasteiger partial charge in [0.25, 0.3) is 0 Å². The van der Waals surface area contributed by atoms with Gasteiger partial charge in [-0.15, -0.1) is 0 Å². The summed E-state index contributed by atoms with van der Waals surface area (Å²) in [6.07, 6.45) is 2.78. The molecule has 0 fully saturated rings. The van der Waals surface area contributed by atoms with E-state index >= 15 is 0 Å². The van der Waals surface area contributed by atoms with Crippen molar-refractivity contribution in [2.45, 2.75) is 44.8 Å². The molecule has 0 saturated carbocycles. The van der Waals surface area contributed by atoms with E-state index in [9.17, 15) is 9.59 Å². The molecule has 0 radical (unpaired) electrons. The van der Waals surface area contributed by atoms with Crippen molar-refractivity contribution in [2.24, 2.45) is 0 Å². The summed E-state index contributed by atoms with van der Waals surface area (Å²) in [5.41, 5.74) is 1.46. The van der Waals surface area contributed by atoms with Gasteiger partial charge in [-0.1, -0.05) is 22.0 Å². The van der Waals surface area contributed by atoms with Crippen LogP contribution in [0.3, 0.4) is 0 Å². The molecule has 0 bridgehead atoms. The summed E-state index contributed by atoms with van der Waals surface area (Å²) in [4.78, 5) is 25.2. The van der Waals surface area contributed by atoms with Gasteiger partial charge in [0.2, 0.25) is 0 Å². The number of rotatable bonds is 7. The number of benzene rings is 1. The molecule has 0 aromatic heterocycles. The standard InChI is InChI=1S/C18H24BrNO4/c1-18(2)16(12-21)20(10-4-5-17(22)23-3)14-11-13(8-9-19)6-7-15(14)24-18/h6-7,11-12,16H,4-5,8-10H2,1-3H3. The van der Waals surface area contributed by atoms with Gasteiger partial charge < -0.3 is 19.2 Å². The van der Waals surface area contributed by atoms with Crippen molar-refractivity contribution in [3.8, 4) is 5.75 Å². The van der Waals surface area contributed by atoms with Crippen LogP contribution >= 0.6 is 15.9 Å². The number of carbonyl (C=O) groups is 2. The molecule has 2 rings (SSSR count). The molecule has 0 saturated heterocycles. The Labute approximate surface area is 151 Å². The Bertz CT molecular complexity index is 603. The van der Waals surface area contributed by atoms with Crippen LogP contribution in [0.25, 0.3) is 0 Å². The number of hydrogen-bond acceptors (Lipinski definition) is 5. The third-order valence-electron chi connectivity index (χ3n) is 4.27. The summed E-state index contributed by atoms with van der Waals surface area (Å²) in [5, 5.41) is 0.873.